The minimum atomic E-state index is -0.525. The van der Waals surface area contributed by atoms with Gasteiger partial charge in [-0.05, 0) is 6.92 Å². The topological polar surface area (TPSA) is 72.7 Å². The molecule has 0 unspecified atom stereocenters. The van der Waals surface area contributed by atoms with Gasteiger partial charge in [-0.1, -0.05) is 0 Å². The molecular weight excluding hydrogens is 164 g/mol. The molecule has 0 bridgehead atoms. The first-order chi connectivity index (χ1) is 5.61. The van der Waals surface area contributed by atoms with Gasteiger partial charge in [0.15, 0.2) is 5.03 Å². The quantitative estimate of drug-likeness (QED) is 0.336. The second-order valence-corrected chi connectivity index (χ2v) is 2.11. The molecule has 0 saturated heterocycles. The summed E-state index contributed by atoms with van der Waals surface area (Å²) >= 11 is 0. The highest BCUT2D eigenvalue weighted by Crippen LogP contribution is 1.92. The Morgan fingerprint density at radius 3 is 2.58 bits per heavy atom. The molecule has 0 saturated carbocycles. The standard InChI is InChI=1S/C6H12N2O4/c1-3-7(8(10)11)5-4-6(9)12-2/h3-5H2,1-2H3. The molecule has 0 aliphatic heterocycles. The van der Waals surface area contributed by atoms with Crippen molar-refractivity contribution < 1.29 is 14.6 Å². The monoisotopic (exact) mass is 176 g/mol. The van der Waals surface area contributed by atoms with E-state index in [2.05, 4.69) is 4.74 Å². The van der Waals surface area contributed by atoms with Crippen molar-refractivity contribution in [3.05, 3.63) is 10.1 Å². The summed E-state index contributed by atoms with van der Waals surface area (Å²) in [6.45, 7) is 2.03. The zero-order valence-corrected chi connectivity index (χ0v) is 7.15. The highest BCUT2D eigenvalue weighted by atomic mass is 16.7. The molecule has 6 nitrogen and oxygen atoms in total. The van der Waals surface area contributed by atoms with E-state index < -0.39 is 11.0 Å². The number of ether oxygens (including phenoxy) is 1. The van der Waals surface area contributed by atoms with Crippen LogP contribution in [0, 0.1) is 10.1 Å². The van der Waals surface area contributed by atoms with Gasteiger partial charge in [-0.15, -0.1) is 5.01 Å². The Morgan fingerprint density at radius 2 is 2.25 bits per heavy atom. The normalized spacial score (nSPS) is 9.17. The minimum absolute atomic E-state index is 0.0469. The number of hydrogen-bond donors (Lipinski definition) is 0. The lowest BCUT2D eigenvalue weighted by Crippen LogP contribution is -2.31. The lowest BCUT2D eigenvalue weighted by atomic mass is 10.4. The number of carbonyl (C=O) groups is 1. The van der Waals surface area contributed by atoms with E-state index >= 15 is 0 Å². The van der Waals surface area contributed by atoms with Crippen LogP contribution in [0.2, 0.25) is 0 Å². The molecule has 0 N–H and O–H groups in total. The largest absolute Gasteiger partial charge is 0.469 e. The number of rotatable bonds is 5. The summed E-state index contributed by atoms with van der Waals surface area (Å²) in [7, 11) is 1.25. The van der Waals surface area contributed by atoms with Gasteiger partial charge >= 0.3 is 5.97 Å². The van der Waals surface area contributed by atoms with E-state index in [4.69, 9.17) is 0 Å². The fraction of sp³-hybridized carbons (Fsp3) is 0.833. The third-order valence-electron chi connectivity index (χ3n) is 1.40. The Bertz CT molecular complexity index is 171. The van der Waals surface area contributed by atoms with Gasteiger partial charge in [0.05, 0.1) is 26.6 Å². The van der Waals surface area contributed by atoms with Crippen molar-refractivity contribution in [2.75, 3.05) is 20.2 Å². The molecule has 0 heterocycles. The third kappa shape index (κ3) is 3.75. The molecule has 12 heavy (non-hydrogen) atoms. The van der Waals surface area contributed by atoms with Gasteiger partial charge in [0.25, 0.3) is 0 Å². The van der Waals surface area contributed by atoms with E-state index in [0.29, 0.717) is 0 Å². The highest BCUT2D eigenvalue weighted by Gasteiger charge is 2.12. The Kier molecular flexibility index (Phi) is 4.75. The van der Waals surface area contributed by atoms with E-state index in [1.807, 2.05) is 0 Å². The van der Waals surface area contributed by atoms with Crippen LogP contribution in [-0.2, 0) is 9.53 Å². The molecule has 0 rings (SSSR count). The number of hydrazine groups is 1. The number of nitro groups is 1. The molecule has 0 aromatic rings. The zero-order valence-electron chi connectivity index (χ0n) is 7.15. The number of esters is 1. The van der Waals surface area contributed by atoms with E-state index in [1.54, 1.807) is 6.92 Å². The average Bonchev–Trinajstić information content (AvgIpc) is 2.04. The number of carbonyl (C=O) groups excluding carboxylic acids is 1. The molecule has 0 spiro atoms. The number of nitrogens with zero attached hydrogens (tertiary/aromatic N) is 2. The molecule has 0 atom stereocenters. The van der Waals surface area contributed by atoms with Crippen molar-refractivity contribution in [3.8, 4) is 0 Å². The first-order valence-corrected chi connectivity index (χ1v) is 3.57. The van der Waals surface area contributed by atoms with E-state index in [1.165, 1.54) is 7.11 Å². The Morgan fingerprint density at radius 1 is 1.67 bits per heavy atom. The van der Waals surface area contributed by atoms with Crippen molar-refractivity contribution in [1.82, 2.24) is 5.01 Å². The fourth-order valence-corrected chi connectivity index (χ4v) is 0.678. The number of hydrogen-bond acceptors (Lipinski definition) is 4. The van der Waals surface area contributed by atoms with Crippen LogP contribution >= 0.6 is 0 Å². The van der Waals surface area contributed by atoms with E-state index in [0.717, 1.165) is 5.01 Å². The lowest BCUT2D eigenvalue weighted by molar-refractivity contribution is -0.654. The molecule has 0 fully saturated rings. The van der Waals surface area contributed by atoms with Crippen molar-refractivity contribution in [3.63, 3.8) is 0 Å². The highest BCUT2D eigenvalue weighted by molar-refractivity contribution is 5.69. The predicted molar refractivity (Wildman–Crippen MR) is 40.9 cm³/mol. The third-order valence-corrected chi connectivity index (χ3v) is 1.40. The van der Waals surface area contributed by atoms with Gasteiger partial charge in [-0.25, -0.2) is 10.1 Å². The van der Waals surface area contributed by atoms with E-state index in [-0.39, 0.29) is 19.5 Å². The summed E-state index contributed by atoms with van der Waals surface area (Å²) < 4.78 is 4.34. The maximum atomic E-state index is 10.6. The molecule has 70 valence electrons. The molecular formula is C6H12N2O4. The smallest absolute Gasteiger partial charge is 0.307 e. The van der Waals surface area contributed by atoms with Crippen LogP contribution in [-0.4, -0.2) is 36.2 Å². The average molecular weight is 176 g/mol. The van der Waals surface area contributed by atoms with Gasteiger partial charge in [-0.2, -0.15) is 0 Å². The van der Waals surface area contributed by atoms with Gasteiger partial charge in [0.2, 0.25) is 0 Å². The van der Waals surface area contributed by atoms with E-state index in [9.17, 15) is 14.9 Å². The summed E-state index contributed by atoms with van der Waals surface area (Å²) in [6, 6.07) is 0. The van der Waals surface area contributed by atoms with Crippen molar-refractivity contribution in [2.45, 2.75) is 13.3 Å². The van der Waals surface area contributed by atoms with Gasteiger partial charge < -0.3 is 4.74 Å². The predicted octanol–water partition coefficient (Wildman–Crippen LogP) is 0.0631. The van der Waals surface area contributed by atoms with Gasteiger partial charge in [0.1, 0.15) is 0 Å². The van der Waals surface area contributed by atoms with Crippen LogP contribution in [0.5, 0.6) is 0 Å². The second-order valence-electron chi connectivity index (χ2n) is 2.11. The summed E-state index contributed by atoms with van der Waals surface area (Å²) in [5.41, 5.74) is 0. The SMILES string of the molecule is CCN(CCC(=O)OC)[N+](=O)[O-]. The molecule has 6 heteroatoms. The summed E-state index contributed by atoms with van der Waals surface area (Å²) in [5, 5.41) is 10.6. The molecule has 0 amide bonds. The van der Waals surface area contributed by atoms with Gasteiger partial charge in [-0.3, -0.25) is 4.79 Å². The maximum Gasteiger partial charge on any atom is 0.307 e. The second kappa shape index (κ2) is 5.34. The van der Waals surface area contributed by atoms with Crippen LogP contribution < -0.4 is 0 Å². The molecule has 0 aliphatic rings. The summed E-state index contributed by atoms with van der Waals surface area (Å²) in [5.74, 6) is -0.435. The van der Waals surface area contributed by atoms with Crippen molar-refractivity contribution in [1.29, 1.82) is 0 Å². The number of methoxy groups -OCH3 is 1. The minimum Gasteiger partial charge on any atom is -0.469 e. The molecule has 0 radical (unpaired) electrons. The van der Waals surface area contributed by atoms with Crippen LogP contribution in [0.1, 0.15) is 13.3 Å². The molecule has 0 aliphatic carbocycles. The van der Waals surface area contributed by atoms with Crippen LogP contribution in [0.4, 0.5) is 0 Å². The van der Waals surface area contributed by atoms with Crippen molar-refractivity contribution >= 4 is 5.97 Å². The first-order valence-electron chi connectivity index (χ1n) is 3.57. The summed E-state index contributed by atoms with van der Waals surface area (Å²) in [4.78, 5) is 20.8. The Hall–Kier alpha value is -1.33. The van der Waals surface area contributed by atoms with Crippen LogP contribution in [0.3, 0.4) is 0 Å². The summed E-state index contributed by atoms with van der Waals surface area (Å²) in [6.07, 6.45) is 0.0469. The lowest BCUT2D eigenvalue weighted by Gasteiger charge is -2.09. The molecule has 0 aromatic carbocycles. The van der Waals surface area contributed by atoms with Crippen molar-refractivity contribution in [2.24, 2.45) is 0 Å². The zero-order chi connectivity index (χ0) is 9.56. The van der Waals surface area contributed by atoms with Crippen LogP contribution in [0.25, 0.3) is 0 Å². The first kappa shape index (κ1) is 10.7. The Balaban J connectivity index is 3.73. The fourth-order valence-electron chi connectivity index (χ4n) is 0.678. The van der Waals surface area contributed by atoms with Gasteiger partial charge in [0, 0.05) is 0 Å². The molecule has 0 aromatic heterocycles. The van der Waals surface area contributed by atoms with Crippen LogP contribution in [0.15, 0.2) is 0 Å². The Labute approximate surface area is 70.2 Å². The maximum absolute atomic E-state index is 10.6.